The van der Waals surface area contributed by atoms with Crippen molar-refractivity contribution in [2.75, 3.05) is 26.2 Å². The second-order valence-corrected chi connectivity index (χ2v) is 6.77. The van der Waals surface area contributed by atoms with Crippen LogP contribution in [0.2, 0.25) is 0 Å². The molecule has 1 saturated heterocycles. The summed E-state index contributed by atoms with van der Waals surface area (Å²) in [6, 6.07) is 4.69. The average molecular weight is 293 g/mol. The van der Waals surface area contributed by atoms with Gasteiger partial charge in [-0.3, -0.25) is 9.69 Å². The maximum atomic E-state index is 12.8. The van der Waals surface area contributed by atoms with Crippen LogP contribution >= 0.6 is 11.3 Å². The van der Waals surface area contributed by atoms with Crippen molar-refractivity contribution in [2.24, 2.45) is 0 Å². The largest absolute Gasteiger partial charge is 0.333 e. The van der Waals surface area contributed by atoms with Crippen molar-refractivity contribution in [3.05, 3.63) is 22.4 Å². The third kappa shape index (κ3) is 3.22. The first-order valence-corrected chi connectivity index (χ1v) is 8.41. The Labute approximate surface area is 124 Å². The Bertz CT molecular complexity index is 438. The van der Waals surface area contributed by atoms with Crippen LogP contribution in [0.3, 0.4) is 0 Å². The summed E-state index contributed by atoms with van der Waals surface area (Å²) in [6.07, 6.45) is 2.34. The summed E-state index contributed by atoms with van der Waals surface area (Å²) in [5, 5.41) is 5.43. The van der Waals surface area contributed by atoms with E-state index in [2.05, 4.69) is 39.6 Å². The lowest BCUT2D eigenvalue weighted by Crippen LogP contribution is -2.53. The van der Waals surface area contributed by atoms with Crippen LogP contribution in [0.4, 0.5) is 0 Å². The highest BCUT2D eigenvalue weighted by Gasteiger charge is 2.36. The van der Waals surface area contributed by atoms with Crippen LogP contribution in [0, 0.1) is 0 Å². The Balaban J connectivity index is 1.65. The van der Waals surface area contributed by atoms with Crippen molar-refractivity contribution in [3.8, 4) is 0 Å². The number of hydrogen-bond donors (Lipinski definition) is 1. The van der Waals surface area contributed by atoms with Crippen LogP contribution in [0.15, 0.2) is 17.5 Å². The minimum Gasteiger partial charge on any atom is -0.333 e. The van der Waals surface area contributed by atoms with Crippen molar-refractivity contribution in [1.82, 2.24) is 15.1 Å². The molecule has 3 rings (SSSR count). The third-order valence-corrected chi connectivity index (χ3v) is 5.09. The second kappa shape index (κ2) is 6.24. The molecular weight excluding hydrogens is 270 g/mol. The monoisotopic (exact) mass is 293 g/mol. The van der Waals surface area contributed by atoms with Crippen LogP contribution in [-0.2, 0) is 11.3 Å². The smallest absolute Gasteiger partial charge is 0.240 e. The normalized spacial score (nSPS) is 21.6. The molecule has 0 radical (unpaired) electrons. The quantitative estimate of drug-likeness (QED) is 0.894. The summed E-state index contributed by atoms with van der Waals surface area (Å²) in [5.74, 6) is 0.308. The van der Waals surface area contributed by atoms with Gasteiger partial charge in [0.05, 0.1) is 12.6 Å². The first-order chi connectivity index (χ1) is 9.75. The van der Waals surface area contributed by atoms with Gasteiger partial charge in [-0.15, -0.1) is 11.3 Å². The summed E-state index contributed by atoms with van der Waals surface area (Å²) in [5.41, 5.74) is 0. The molecule has 20 heavy (non-hydrogen) atoms. The van der Waals surface area contributed by atoms with E-state index in [0.29, 0.717) is 11.9 Å². The van der Waals surface area contributed by atoms with Gasteiger partial charge >= 0.3 is 0 Å². The molecule has 1 N–H and O–H groups in total. The predicted molar refractivity (Wildman–Crippen MR) is 81.8 cm³/mol. The zero-order valence-electron chi connectivity index (χ0n) is 12.0. The molecule has 0 spiro atoms. The van der Waals surface area contributed by atoms with Crippen LogP contribution < -0.4 is 5.32 Å². The van der Waals surface area contributed by atoms with E-state index in [4.69, 9.17) is 0 Å². The summed E-state index contributed by atoms with van der Waals surface area (Å²) >= 11 is 1.74. The van der Waals surface area contributed by atoms with Gasteiger partial charge in [-0.25, -0.2) is 0 Å². The molecule has 0 bridgehead atoms. The molecule has 1 amide bonds. The zero-order chi connectivity index (χ0) is 13.9. The highest BCUT2D eigenvalue weighted by Crippen LogP contribution is 2.30. The van der Waals surface area contributed by atoms with Crippen LogP contribution in [0.1, 0.15) is 24.6 Å². The minimum atomic E-state index is 0.0117. The van der Waals surface area contributed by atoms with Crippen molar-refractivity contribution in [3.63, 3.8) is 0 Å². The Kier molecular flexibility index (Phi) is 4.38. The molecule has 2 aliphatic rings. The first kappa shape index (κ1) is 14.0. The van der Waals surface area contributed by atoms with E-state index in [-0.39, 0.29) is 6.04 Å². The highest BCUT2D eigenvalue weighted by molar-refractivity contribution is 7.09. The second-order valence-electron chi connectivity index (χ2n) is 5.74. The molecule has 0 aromatic carbocycles. The average Bonchev–Trinajstić information content (AvgIpc) is 3.21. The van der Waals surface area contributed by atoms with E-state index in [1.165, 1.54) is 17.7 Å². The van der Waals surface area contributed by atoms with Crippen molar-refractivity contribution < 1.29 is 4.79 Å². The van der Waals surface area contributed by atoms with E-state index in [1.807, 2.05) is 0 Å². The number of hydrogen-bond acceptors (Lipinski definition) is 4. The molecule has 1 unspecified atom stereocenters. The summed E-state index contributed by atoms with van der Waals surface area (Å²) in [4.78, 5) is 18.5. The topological polar surface area (TPSA) is 35.6 Å². The van der Waals surface area contributed by atoms with Gasteiger partial charge in [0.2, 0.25) is 5.91 Å². The SMILES string of the molecule is CC(C(=O)N(Cc1cccs1)C1CC1)N1CCNCC1. The number of nitrogens with zero attached hydrogens (tertiary/aromatic N) is 2. The lowest BCUT2D eigenvalue weighted by Gasteiger charge is -2.35. The molecule has 2 fully saturated rings. The van der Waals surface area contributed by atoms with Gasteiger partial charge < -0.3 is 10.2 Å². The van der Waals surface area contributed by atoms with E-state index < -0.39 is 0 Å². The van der Waals surface area contributed by atoms with Crippen LogP contribution in [0.5, 0.6) is 0 Å². The van der Waals surface area contributed by atoms with Crippen molar-refractivity contribution in [1.29, 1.82) is 0 Å². The van der Waals surface area contributed by atoms with E-state index >= 15 is 0 Å². The maximum Gasteiger partial charge on any atom is 0.240 e. The number of rotatable bonds is 5. The fraction of sp³-hybridized carbons (Fsp3) is 0.667. The predicted octanol–water partition coefficient (Wildman–Crippen LogP) is 1.53. The van der Waals surface area contributed by atoms with Gasteiger partial charge in [0.1, 0.15) is 0 Å². The van der Waals surface area contributed by atoms with Crippen molar-refractivity contribution >= 4 is 17.2 Å². The highest BCUT2D eigenvalue weighted by atomic mass is 32.1. The minimum absolute atomic E-state index is 0.0117. The van der Waals surface area contributed by atoms with Crippen molar-refractivity contribution in [2.45, 2.75) is 38.4 Å². The van der Waals surface area contributed by atoms with Gasteiger partial charge in [-0.1, -0.05) is 6.07 Å². The Morgan fingerprint density at radius 1 is 1.50 bits per heavy atom. The van der Waals surface area contributed by atoms with Gasteiger partial charge in [0.15, 0.2) is 0 Å². The number of carbonyl (C=O) groups excluding carboxylic acids is 1. The lowest BCUT2D eigenvalue weighted by molar-refractivity contribution is -0.137. The number of nitrogens with one attached hydrogen (secondary N) is 1. The molecule has 5 heteroatoms. The van der Waals surface area contributed by atoms with Crippen LogP contribution in [-0.4, -0.2) is 54.0 Å². The van der Waals surface area contributed by atoms with E-state index in [1.54, 1.807) is 11.3 Å². The van der Waals surface area contributed by atoms with Crippen LogP contribution in [0.25, 0.3) is 0 Å². The number of carbonyl (C=O) groups is 1. The molecule has 1 aromatic heterocycles. The van der Waals surface area contributed by atoms with Gasteiger partial charge in [-0.2, -0.15) is 0 Å². The molecule has 1 aliphatic heterocycles. The Hall–Kier alpha value is -0.910. The van der Waals surface area contributed by atoms with Gasteiger partial charge in [0, 0.05) is 37.1 Å². The fourth-order valence-electron chi connectivity index (χ4n) is 2.81. The summed E-state index contributed by atoms with van der Waals surface area (Å²) in [7, 11) is 0. The number of piperazine rings is 1. The molecule has 1 saturated carbocycles. The van der Waals surface area contributed by atoms with E-state index in [0.717, 1.165) is 32.7 Å². The molecule has 1 aliphatic carbocycles. The maximum absolute atomic E-state index is 12.8. The standard InChI is InChI=1S/C15H23N3OS/c1-12(17-8-6-16-7-9-17)15(19)18(13-4-5-13)11-14-3-2-10-20-14/h2-3,10,12-13,16H,4-9,11H2,1H3. The molecular formula is C15H23N3OS. The Morgan fingerprint density at radius 2 is 2.25 bits per heavy atom. The molecule has 4 nitrogen and oxygen atoms in total. The number of amides is 1. The molecule has 1 aromatic rings. The lowest BCUT2D eigenvalue weighted by atomic mass is 10.2. The van der Waals surface area contributed by atoms with Gasteiger partial charge in [-0.05, 0) is 31.2 Å². The molecule has 1 atom stereocenters. The third-order valence-electron chi connectivity index (χ3n) is 4.23. The summed E-state index contributed by atoms with van der Waals surface area (Å²) < 4.78 is 0. The zero-order valence-corrected chi connectivity index (χ0v) is 12.9. The number of thiophene rings is 1. The first-order valence-electron chi connectivity index (χ1n) is 7.53. The Morgan fingerprint density at radius 3 is 2.85 bits per heavy atom. The molecule has 2 heterocycles. The van der Waals surface area contributed by atoms with E-state index in [9.17, 15) is 4.79 Å². The fourth-order valence-corrected chi connectivity index (χ4v) is 3.51. The molecule has 110 valence electrons. The van der Waals surface area contributed by atoms with Gasteiger partial charge in [0.25, 0.3) is 0 Å². The summed E-state index contributed by atoms with van der Waals surface area (Å²) in [6.45, 7) is 6.79.